The molecular formula is C13H21NO3. The maximum Gasteiger partial charge on any atom is 0.354 e. The van der Waals surface area contributed by atoms with Crippen molar-refractivity contribution in [1.82, 2.24) is 0 Å². The number of rotatable bonds is 4. The standard InChI is InChI=1S/C13H21NO3/c1-4-16-12(15)13(10-6-5-7-10)8-11(9(2)3)14-17-13/h9-10H,4-8H2,1-3H3. The van der Waals surface area contributed by atoms with Crippen molar-refractivity contribution >= 4 is 11.7 Å². The SMILES string of the molecule is CCOC(=O)C1(C2CCC2)CC(C(C)C)=NO1. The van der Waals surface area contributed by atoms with Gasteiger partial charge in [0.25, 0.3) is 0 Å². The van der Waals surface area contributed by atoms with Gasteiger partial charge in [0.1, 0.15) is 0 Å². The fraction of sp³-hybridized carbons (Fsp3) is 0.846. The van der Waals surface area contributed by atoms with Crippen molar-refractivity contribution in [1.29, 1.82) is 0 Å². The Hall–Kier alpha value is -1.06. The van der Waals surface area contributed by atoms with Crippen molar-refractivity contribution in [3.63, 3.8) is 0 Å². The molecule has 0 aromatic heterocycles. The van der Waals surface area contributed by atoms with Crippen molar-refractivity contribution in [2.24, 2.45) is 17.0 Å². The Morgan fingerprint density at radius 1 is 1.59 bits per heavy atom. The normalized spacial score (nSPS) is 28.6. The van der Waals surface area contributed by atoms with Gasteiger partial charge in [-0.2, -0.15) is 0 Å². The van der Waals surface area contributed by atoms with Crippen molar-refractivity contribution in [3.8, 4) is 0 Å². The van der Waals surface area contributed by atoms with Gasteiger partial charge in [-0.15, -0.1) is 0 Å². The van der Waals surface area contributed by atoms with Gasteiger partial charge in [-0.3, -0.25) is 0 Å². The molecule has 4 heteroatoms. The molecule has 0 saturated heterocycles. The maximum absolute atomic E-state index is 12.1. The molecule has 1 aliphatic carbocycles. The molecule has 96 valence electrons. The van der Waals surface area contributed by atoms with E-state index in [2.05, 4.69) is 19.0 Å². The zero-order valence-electron chi connectivity index (χ0n) is 10.9. The third-order valence-electron chi connectivity index (χ3n) is 3.82. The lowest BCUT2D eigenvalue weighted by molar-refractivity contribution is -0.181. The number of esters is 1. The minimum absolute atomic E-state index is 0.232. The first-order valence-electron chi connectivity index (χ1n) is 6.52. The molecule has 1 unspecified atom stereocenters. The number of carbonyl (C=O) groups excluding carboxylic acids is 1. The molecule has 17 heavy (non-hydrogen) atoms. The van der Waals surface area contributed by atoms with E-state index < -0.39 is 5.60 Å². The Kier molecular flexibility index (Phi) is 3.40. The minimum Gasteiger partial charge on any atom is -0.463 e. The fourth-order valence-electron chi connectivity index (χ4n) is 2.41. The van der Waals surface area contributed by atoms with E-state index >= 15 is 0 Å². The highest BCUT2D eigenvalue weighted by atomic mass is 16.7. The summed E-state index contributed by atoms with van der Waals surface area (Å²) in [7, 11) is 0. The monoisotopic (exact) mass is 239 g/mol. The molecule has 0 bridgehead atoms. The summed E-state index contributed by atoms with van der Waals surface area (Å²) >= 11 is 0. The summed E-state index contributed by atoms with van der Waals surface area (Å²) in [6.07, 6.45) is 3.86. The van der Waals surface area contributed by atoms with E-state index in [1.807, 2.05) is 6.92 Å². The van der Waals surface area contributed by atoms with Crippen LogP contribution in [-0.4, -0.2) is 23.9 Å². The van der Waals surface area contributed by atoms with Gasteiger partial charge < -0.3 is 9.57 Å². The molecule has 1 fully saturated rings. The van der Waals surface area contributed by atoms with E-state index in [0.717, 1.165) is 18.6 Å². The van der Waals surface area contributed by atoms with E-state index in [0.29, 0.717) is 18.9 Å². The van der Waals surface area contributed by atoms with E-state index in [1.165, 1.54) is 6.42 Å². The molecule has 0 aromatic carbocycles. The van der Waals surface area contributed by atoms with E-state index in [-0.39, 0.29) is 11.9 Å². The molecule has 0 spiro atoms. The molecule has 0 N–H and O–H groups in total. The second-order valence-corrected chi connectivity index (χ2v) is 5.24. The van der Waals surface area contributed by atoms with Crippen LogP contribution in [0, 0.1) is 11.8 Å². The van der Waals surface area contributed by atoms with Gasteiger partial charge in [0.15, 0.2) is 0 Å². The summed E-state index contributed by atoms with van der Waals surface area (Å²) in [6, 6.07) is 0. The number of hydrogen-bond acceptors (Lipinski definition) is 4. The van der Waals surface area contributed by atoms with Gasteiger partial charge >= 0.3 is 5.97 Å². The highest BCUT2D eigenvalue weighted by Crippen LogP contribution is 2.44. The van der Waals surface area contributed by atoms with Crippen molar-refractivity contribution in [2.75, 3.05) is 6.61 Å². The summed E-state index contributed by atoms with van der Waals surface area (Å²) in [6.45, 7) is 6.37. The maximum atomic E-state index is 12.1. The van der Waals surface area contributed by atoms with Crippen LogP contribution in [0.4, 0.5) is 0 Å². The Morgan fingerprint density at radius 3 is 2.71 bits per heavy atom. The average molecular weight is 239 g/mol. The van der Waals surface area contributed by atoms with Crippen LogP contribution >= 0.6 is 0 Å². The topological polar surface area (TPSA) is 47.9 Å². The smallest absolute Gasteiger partial charge is 0.354 e. The fourth-order valence-corrected chi connectivity index (χ4v) is 2.41. The predicted molar refractivity (Wildman–Crippen MR) is 64.7 cm³/mol. The van der Waals surface area contributed by atoms with Crippen LogP contribution in [-0.2, 0) is 14.4 Å². The zero-order chi connectivity index (χ0) is 12.5. The third-order valence-corrected chi connectivity index (χ3v) is 3.82. The van der Waals surface area contributed by atoms with Crippen LogP contribution < -0.4 is 0 Å². The second-order valence-electron chi connectivity index (χ2n) is 5.24. The van der Waals surface area contributed by atoms with Crippen LogP contribution in [0.15, 0.2) is 5.16 Å². The molecule has 0 radical (unpaired) electrons. The van der Waals surface area contributed by atoms with Gasteiger partial charge in [-0.05, 0) is 25.7 Å². The van der Waals surface area contributed by atoms with Crippen LogP contribution in [0.1, 0.15) is 46.5 Å². The lowest BCUT2D eigenvalue weighted by atomic mass is 9.70. The van der Waals surface area contributed by atoms with Gasteiger partial charge in [0.05, 0.1) is 12.3 Å². The van der Waals surface area contributed by atoms with Gasteiger partial charge in [-0.1, -0.05) is 25.4 Å². The first-order valence-corrected chi connectivity index (χ1v) is 6.52. The largest absolute Gasteiger partial charge is 0.463 e. The zero-order valence-corrected chi connectivity index (χ0v) is 10.9. The van der Waals surface area contributed by atoms with Gasteiger partial charge in [-0.25, -0.2) is 4.79 Å². The number of nitrogens with zero attached hydrogens (tertiary/aromatic N) is 1. The summed E-state index contributed by atoms with van der Waals surface area (Å²) < 4.78 is 5.18. The first kappa shape index (κ1) is 12.4. The van der Waals surface area contributed by atoms with Crippen molar-refractivity contribution < 1.29 is 14.4 Å². The first-order chi connectivity index (χ1) is 8.10. The van der Waals surface area contributed by atoms with Crippen LogP contribution in [0.5, 0.6) is 0 Å². The second kappa shape index (κ2) is 4.67. The quantitative estimate of drug-likeness (QED) is 0.708. The minimum atomic E-state index is -0.812. The molecule has 2 aliphatic rings. The summed E-state index contributed by atoms with van der Waals surface area (Å²) in [4.78, 5) is 17.7. The van der Waals surface area contributed by atoms with E-state index in [1.54, 1.807) is 0 Å². The van der Waals surface area contributed by atoms with E-state index in [4.69, 9.17) is 9.57 Å². The molecule has 0 amide bonds. The Morgan fingerprint density at radius 2 is 2.29 bits per heavy atom. The molecule has 0 aromatic rings. The molecule has 1 aliphatic heterocycles. The van der Waals surface area contributed by atoms with E-state index in [9.17, 15) is 4.79 Å². The average Bonchev–Trinajstić information content (AvgIpc) is 2.61. The van der Waals surface area contributed by atoms with Crippen LogP contribution in [0.2, 0.25) is 0 Å². The highest BCUT2D eigenvalue weighted by Gasteiger charge is 2.55. The van der Waals surface area contributed by atoms with Gasteiger partial charge in [0, 0.05) is 12.3 Å². The molecule has 1 saturated carbocycles. The van der Waals surface area contributed by atoms with Gasteiger partial charge in [0.2, 0.25) is 5.60 Å². The van der Waals surface area contributed by atoms with Crippen LogP contribution in [0.25, 0.3) is 0 Å². The molecule has 2 rings (SSSR count). The van der Waals surface area contributed by atoms with Crippen LogP contribution in [0.3, 0.4) is 0 Å². The third kappa shape index (κ3) is 2.05. The highest BCUT2D eigenvalue weighted by molar-refractivity contribution is 5.95. The molecule has 4 nitrogen and oxygen atoms in total. The molecule has 1 atom stereocenters. The van der Waals surface area contributed by atoms with Crippen molar-refractivity contribution in [2.45, 2.75) is 52.1 Å². The predicted octanol–water partition coefficient (Wildman–Crippen LogP) is 2.52. The number of hydrogen-bond donors (Lipinski definition) is 0. The summed E-state index contributed by atoms with van der Waals surface area (Å²) in [5.41, 5.74) is 0.165. The molecule has 1 heterocycles. The number of carbonyl (C=O) groups is 1. The lowest BCUT2D eigenvalue weighted by Gasteiger charge is -2.38. The summed E-state index contributed by atoms with van der Waals surface area (Å²) in [5.74, 6) is 0.372. The lowest BCUT2D eigenvalue weighted by Crippen LogP contribution is -2.50. The Balaban J connectivity index is 2.14. The summed E-state index contributed by atoms with van der Waals surface area (Å²) in [5, 5.41) is 4.11. The number of oxime groups is 1. The molecular weight excluding hydrogens is 218 g/mol. The Labute approximate surface area is 102 Å². The Bertz CT molecular complexity index is 334. The van der Waals surface area contributed by atoms with Crippen molar-refractivity contribution in [3.05, 3.63) is 0 Å². The number of ether oxygens (including phenoxy) is 1.